The van der Waals surface area contributed by atoms with Crippen molar-refractivity contribution in [1.82, 2.24) is 0 Å². The SMILES string of the molecule is COC(C)(C)CCOCc1ccc(F)cc1C#CCN. The third-order valence-corrected chi connectivity index (χ3v) is 3.06. The van der Waals surface area contributed by atoms with Crippen molar-refractivity contribution in [1.29, 1.82) is 0 Å². The minimum Gasteiger partial charge on any atom is -0.379 e. The molecule has 1 aromatic rings. The monoisotopic (exact) mass is 279 g/mol. The Morgan fingerprint density at radius 1 is 1.35 bits per heavy atom. The molecule has 0 amide bonds. The summed E-state index contributed by atoms with van der Waals surface area (Å²) < 4.78 is 24.1. The quantitative estimate of drug-likeness (QED) is 0.642. The molecule has 0 bridgehead atoms. The molecule has 0 unspecified atom stereocenters. The van der Waals surface area contributed by atoms with Gasteiger partial charge in [-0.2, -0.15) is 0 Å². The number of halogens is 1. The van der Waals surface area contributed by atoms with E-state index in [9.17, 15) is 4.39 Å². The van der Waals surface area contributed by atoms with E-state index in [2.05, 4.69) is 11.8 Å². The predicted octanol–water partition coefficient (Wildman–Crippen LogP) is 2.47. The van der Waals surface area contributed by atoms with Gasteiger partial charge in [-0.05, 0) is 38.0 Å². The van der Waals surface area contributed by atoms with Gasteiger partial charge in [0.05, 0.1) is 18.8 Å². The average molecular weight is 279 g/mol. The Kier molecular flexibility index (Phi) is 6.66. The minimum absolute atomic E-state index is 0.203. The topological polar surface area (TPSA) is 44.5 Å². The first kappa shape index (κ1) is 16.6. The number of hydrogen-bond donors (Lipinski definition) is 1. The van der Waals surface area contributed by atoms with Crippen LogP contribution in [0, 0.1) is 17.7 Å². The van der Waals surface area contributed by atoms with Gasteiger partial charge in [-0.3, -0.25) is 0 Å². The normalized spacial score (nSPS) is 11.1. The maximum absolute atomic E-state index is 13.2. The van der Waals surface area contributed by atoms with Crippen LogP contribution >= 0.6 is 0 Å². The molecule has 3 nitrogen and oxygen atoms in total. The van der Waals surface area contributed by atoms with Crippen LogP contribution in [0.1, 0.15) is 31.4 Å². The summed E-state index contributed by atoms with van der Waals surface area (Å²) >= 11 is 0. The molecule has 0 fully saturated rings. The lowest BCUT2D eigenvalue weighted by Crippen LogP contribution is -2.24. The van der Waals surface area contributed by atoms with Crippen molar-refractivity contribution in [3.05, 3.63) is 35.1 Å². The van der Waals surface area contributed by atoms with E-state index in [1.165, 1.54) is 12.1 Å². The molecule has 0 aliphatic heterocycles. The summed E-state index contributed by atoms with van der Waals surface area (Å²) in [4.78, 5) is 0. The Labute approximate surface area is 120 Å². The van der Waals surface area contributed by atoms with Crippen molar-refractivity contribution in [2.24, 2.45) is 5.73 Å². The van der Waals surface area contributed by atoms with Crippen molar-refractivity contribution >= 4 is 0 Å². The molecular formula is C16H22FNO2. The molecule has 0 saturated heterocycles. The fourth-order valence-corrected chi connectivity index (χ4v) is 1.54. The average Bonchev–Trinajstić information content (AvgIpc) is 2.43. The van der Waals surface area contributed by atoms with Gasteiger partial charge >= 0.3 is 0 Å². The first-order chi connectivity index (χ1) is 9.48. The zero-order valence-corrected chi connectivity index (χ0v) is 12.3. The van der Waals surface area contributed by atoms with Crippen molar-refractivity contribution in [2.45, 2.75) is 32.5 Å². The second-order valence-electron chi connectivity index (χ2n) is 5.07. The molecule has 0 spiro atoms. The molecule has 110 valence electrons. The van der Waals surface area contributed by atoms with Crippen LogP contribution in [0.25, 0.3) is 0 Å². The van der Waals surface area contributed by atoms with Crippen molar-refractivity contribution < 1.29 is 13.9 Å². The van der Waals surface area contributed by atoms with Crippen LogP contribution < -0.4 is 5.73 Å². The summed E-state index contributed by atoms with van der Waals surface area (Å²) in [6.07, 6.45) is 0.786. The Morgan fingerprint density at radius 2 is 2.10 bits per heavy atom. The molecule has 0 aromatic heterocycles. The van der Waals surface area contributed by atoms with E-state index in [1.54, 1.807) is 13.2 Å². The number of ether oxygens (including phenoxy) is 2. The third-order valence-electron chi connectivity index (χ3n) is 3.06. The van der Waals surface area contributed by atoms with E-state index in [0.29, 0.717) is 18.8 Å². The lowest BCUT2D eigenvalue weighted by molar-refractivity contribution is -0.0124. The predicted molar refractivity (Wildman–Crippen MR) is 77.7 cm³/mol. The molecule has 4 heteroatoms. The Hall–Kier alpha value is -1.41. The standard InChI is InChI=1S/C16H22FNO2/c1-16(2,19-3)8-10-20-12-14-6-7-15(17)11-13(14)5-4-9-18/h6-7,11H,8-10,12,18H2,1-3H3. The summed E-state index contributed by atoms with van der Waals surface area (Å²) in [7, 11) is 1.68. The zero-order chi connectivity index (χ0) is 15.0. The fraction of sp³-hybridized carbons (Fsp3) is 0.500. The van der Waals surface area contributed by atoms with E-state index in [1.807, 2.05) is 13.8 Å². The number of nitrogens with two attached hydrogens (primary N) is 1. The molecular weight excluding hydrogens is 257 g/mol. The molecule has 1 aromatic carbocycles. The largest absolute Gasteiger partial charge is 0.379 e. The summed E-state index contributed by atoms with van der Waals surface area (Å²) in [5, 5.41) is 0. The molecule has 0 atom stereocenters. The Balaban J connectivity index is 2.59. The molecule has 0 radical (unpaired) electrons. The van der Waals surface area contributed by atoms with Crippen LogP contribution in [0.4, 0.5) is 4.39 Å². The van der Waals surface area contributed by atoms with Crippen LogP contribution in [0.2, 0.25) is 0 Å². The van der Waals surface area contributed by atoms with E-state index in [4.69, 9.17) is 15.2 Å². The second kappa shape index (κ2) is 8.01. The number of rotatable bonds is 6. The molecule has 20 heavy (non-hydrogen) atoms. The van der Waals surface area contributed by atoms with Crippen molar-refractivity contribution in [3.63, 3.8) is 0 Å². The van der Waals surface area contributed by atoms with Gasteiger partial charge in [-0.1, -0.05) is 17.9 Å². The van der Waals surface area contributed by atoms with Gasteiger partial charge in [0.15, 0.2) is 0 Å². The van der Waals surface area contributed by atoms with E-state index in [0.717, 1.165) is 12.0 Å². The highest BCUT2D eigenvalue weighted by Crippen LogP contribution is 2.15. The highest BCUT2D eigenvalue weighted by atomic mass is 19.1. The lowest BCUT2D eigenvalue weighted by Gasteiger charge is -2.22. The van der Waals surface area contributed by atoms with Gasteiger partial charge in [-0.25, -0.2) is 4.39 Å². The molecule has 0 aliphatic carbocycles. The second-order valence-corrected chi connectivity index (χ2v) is 5.07. The summed E-state index contributed by atoms with van der Waals surface area (Å²) in [6.45, 7) is 5.23. The first-order valence-corrected chi connectivity index (χ1v) is 6.59. The Morgan fingerprint density at radius 3 is 2.75 bits per heavy atom. The molecule has 0 saturated carbocycles. The number of benzene rings is 1. The van der Waals surface area contributed by atoms with E-state index in [-0.39, 0.29) is 18.0 Å². The first-order valence-electron chi connectivity index (χ1n) is 6.59. The number of hydrogen-bond acceptors (Lipinski definition) is 3. The van der Waals surface area contributed by atoms with Gasteiger partial charge in [0.2, 0.25) is 0 Å². The fourth-order valence-electron chi connectivity index (χ4n) is 1.54. The van der Waals surface area contributed by atoms with Crippen LogP contribution in [0.15, 0.2) is 18.2 Å². The van der Waals surface area contributed by atoms with Crippen molar-refractivity contribution in [2.75, 3.05) is 20.3 Å². The summed E-state index contributed by atoms with van der Waals surface area (Å²) in [5.41, 5.74) is 6.62. The van der Waals surface area contributed by atoms with E-state index >= 15 is 0 Å². The highest BCUT2D eigenvalue weighted by molar-refractivity contribution is 5.41. The third kappa shape index (κ3) is 5.70. The Bertz CT molecular complexity index is 489. The summed E-state index contributed by atoms with van der Waals surface area (Å²) in [6, 6.07) is 4.50. The van der Waals surface area contributed by atoms with Gasteiger partial charge < -0.3 is 15.2 Å². The van der Waals surface area contributed by atoms with Crippen LogP contribution in [0.3, 0.4) is 0 Å². The molecule has 0 heterocycles. The number of methoxy groups -OCH3 is 1. The minimum atomic E-state index is -0.310. The zero-order valence-electron chi connectivity index (χ0n) is 12.3. The smallest absolute Gasteiger partial charge is 0.124 e. The lowest BCUT2D eigenvalue weighted by atomic mass is 10.1. The van der Waals surface area contributed by atoms with Crippen LogP contribution in [-0.4, -0.2) is 25.9 Å². The van der Waals surface area contributed by atoms with Gasteiger partial charge in [0.25, 0.3) is 0 Å². The molecule has 2 N–H and O–H groups in total. The van der Waals surface area contributed by atoms with Crippen LogP contribution in [-0.2, 0) is 16.1 Å². The van der Waals surface area contributed by atoms with Gasteiger partial charge in [0, 0.05) is 19.3 Å². The maximum Gasteiger partial charge on any atom is 0.124 e. The molecule has 1 rings (SSSR count). The van der Waals surface area contributed by atoms with E-state index < -0.39 is 0 Å². The van der Waals surface area contributed by atoms with Gasteiger partial charge in [-0.15, -0.1) is 0 Å². The molecule has 0 aliphatic rings. The van der Waals surface area contributed by atoms with Crippen LogP contribution in [0.5, 0.6) is 0 Å². The van der Waals surface area contributed by atoms with Crippen molar-refractivity contribution in [3.8, 4) is 11.8 Å². The highest BCUT2D eigenvalue weighted by Gasteiger charge is 2.15. The summed E-state index contributed by atoms with van der Waals surface area (Å²) in [5.74, 6) is 5.28. The maximum atomic E-state index is 13.2. The van der Waals surface area contributed by atoms with Gasteiger partial charge in [0.1, 0.15) is 5.82 Å².